The van der Waals surface area contributed by atoms with Crippen LogP contribution < -0.4 is 4.83 Å². The summed E-state index contributed by atoms with van der Waals surface area (Å²) in [5, 5.41) is 5.10. The van der Waals surface area contributed by atoms with Crippen LogP contribution in [-0.2, 0) is 10.0 Å². The van der Waals surface area contributed by atoms with Crippen molar-refractivity contribution in [3.8, 4) is 0 Å². The van der Waals surface area contributed by atoms with Crippen LogP contribution in [0.4, 0.5) is 0 Å². The smallest absolute Gasteiger partial charge is 0.200 e. The van der Waals surface area contributed by atoms with Crippen LogP contribution in [0.3, 0.4) is 0 Å². The monoisotopic (exact) mass is 356 g/mol. The molecule has 0 heterocycles. The van der Waals surface area contributed by atoms with Gasteiger partial charge in [-0.3, -0.25) is 0 Å². The lowest BCUT2D eigenvalue weighted by atomic mass is 10.1. The van der Waals surface area contributed by atoms with E-state index in [0.29, 0.717) is 22.2 Å². The summed E-state index contributed by atoms with van der Waals surface area (Å²) >= 11 is 11.6. The molecule has 0 radical (unpaired) electrons. The first-order valence-electron chi connectivity index (χ1n) is 6.52. The number of halogens is 2. The zero-order valence-electron chi connectivity index (χ0n) is 11.8. The minimum atomic E-state index is -3.72. The Balaban J connectivity index is 2.24. The fourth-order valence-electron chi connectivity index (χ4n) is 1.77. The number of hydrogen-bond donors (Lipinski definition) is 1. The zero-order valence-corrected chi connectivity index (χ0v) is 14.1. The average molecular weight is 357 g/mol. The second kappa shape index (κ2) is 7.13. The van der Waals surface area contributed by atoms with Gasteiger partial charge in [-0.15, -0.1) is 0 Å². The summed E-state index contributed by atoms with van der Waals surface area (Å²) < 4.78 is 24.3. The Hall–Kier alpha value is -1.56. The first-order chi connectivity index (χ1) is 10.4. The quantitative estimate of drug-likeness (QED) is 0.647. The third-order valence-corrected chi connectivity index (χ3v) is 4.67. The Labute approximate surface area is 139 Å². The van der Waals surface area contributed by atoms with Crippen molar-refractivity contribution in [2.75, 3.05) is 0 Å². The molecule has 7 heteroatoms. The van der Waals surface area contributed by atoms with Gasteiger partial charge < -0.3 is 0 Å². The van der Waals surface area contributed by atoms with Crippen LogP contribution >= 0.6 is 23.2 Å². The molecule has 4 nitrogen and oxygen atoms in total. The lowest BCUT2D eigenvalue weighted by molar-refractivity contribution is 0.584. The molecule has 0 spiro atoms. The van der Waals surface area contributed by atoms with Crippen LogP contribution in [0.2, 0.25) is 10.0 Å². The molecule has 0 aliphatic carbocycles. The molecule has 0 aromatic heterocycles. The van der Waals surface area contributed by atoms with Crippen LogP contribution in [0.25, 0.3) is 0 Å². The molecule has 2 rings (SSSR count). The first-order valence-corrected chi connectivity index (χ1v) is 8.76. The van der Waals surface area contributed by atoms with E-state index in [1.165, 1.54) is 24.3 Å². The van der Waals surface area contributed by atoms with E-state index in [9.17, 15) is 8.42 Å². The summed E-state index contributed by atoms with van der Waals surface area (Å²) in [6.45, 7) is 1.89. The van der Waals surface area contributed by atoms with Crippen molar-refractivity contribution in [1.82, 2.24) is 4.83 Å². The summed E-state index contributed by atoms with van der Waals surface area (Å²) in [6.07, 6.45) is 0.574. The van der Waals surface area contributed by atoms with Crippen molar-refractivity contribution in [2.24, 2.45) is 5.10 Å². The van der Waals surface area contributed by atoms with Crippen molar-refractivity contribution < 1.29 is 8.42 Å². The number of hydrogen-bond acceptors (Lipinski definition) is 3. The van der Waals surface area contributed by atoms with E-state index in [-0.39, 0.29) is 4.90 Å². The van der Waals surface area contributed by atoms with Gasteiger partial charge in [0.05, 0.1) is 10.6 Å². The van der Waals surface area contributed by atoms with E-state index in [1.807, 2.05) is 6.92 Å². The highest BCUT2D eigenvalue weighted by Gasteiger charge is 2.13. The maximum Gasteiger partial charge on any atom is 0.276 e. The van der Waals surface area contributed by atoms with Gasteiger partial charge in [-0.1, -0.05) is 42.3 Å². The van der Waals surface area contributed by atoms with Crippen molar-refractivity contribution >= 4 is 38.9 Å². The fourth-order valence-corrected chi connectivity index (χ4v) is 2.85. The Bertz CT molecular complexity index is 770. The molecule has 0 atom stereocenters. The van der Waals surface area contributed by atoms with E-state index >= 15 is 0 Å². The molecule has 2 aromatic rings. The lowest BCUT2D eigenvalue weighted by Gasteiger charge is -2.07. The van der Waals surface area contributed by atoms with E-state index in [0.717, 1.165) is 5.56 Å². The Morgan fingerprint density at radius 3 is 2.00 bits per heavy atom. The second-order valence-corrected chi connectivity index (χ2v) is 7.00. The van der Waals surface area contributed by atoms with E-state index in [4.69, 9.17) is 23.2 Å². The molecule has 22 heavy (non-hydrogen) atoms. The van der Waals surface area contributed by atoms with Gasteiger partial charge in [0.25, 0.3) is 10.0 Å². The Kier molecular flexibility index (Phi) is 5.45. The standard InChI is InChI=1S/C15H14Cl2N2O2S/c1-2-15(11-3-5-12(16)6-4-11)18-19-22(20,21)14-9-7-13(17)8-10-14/h3-10,19H,2H2,1H3/b18-15-. The van der Waals surface area contributed by atoms with E-state index < -0.39 is 10.0 Å². The highest BCUT2D eigenvalue weighted by molar-refractivity contribution is 7.89. The van der Waals surface area contributed by atoms with Crippen molar-refractivity contribution in [1.29, 1.82) is 0 Å². The molecule has 116 valence electrons. The number of sulfonamides is 1. The van der Waals surface area contributed by atoms with E-state index in [2.05, 4.69) is 9.93 Å². The molecule has 0 bridgehead atoms. The van der Waals surface area contributed by atoms with Crippen molar-refractivity contribution in [2.45, 2.75) is 18.2 Å². The van der Waals surface area contributed by atoms with Gasteiger partial charge >= 0.3 is 0 Å². The first kappa shape index (κ1) is 16.8. The summed E-state index contributed by atoms with van der Waals surface area (Å²) in [5.74, 6) is 0. The highest BCUT2D eigenvalue weighted by atomic mass is 35.5. The number of hydrazone groups is 1. The summed E-state index contributed by atoms with van der Waals surface area (Å²) in [6, 6.07) is 12.9. The minimum absolute atomic E-state index is 0.104. The molecule has 0 amide bonds. The molecular formula is C15H14Cl2N2O2S. The van der Waals surface area contributed by atoms with E-state index in [1.54, 1.807) is 24.3 Å². The maximum atomic E-state index is 12.2. The predicted octanol–water partition coefficient (Wildman–Crippen LogP) is 4.09. The van der Waals surface area contributed by atoms with Crippen LogP contribution in [0, 0.1) is 0 Å². The molecule has 2 aromatic carbocycles. The molecule has 0 saturated carbocycles. The van der Waals surface area contributed by atoms with Crippen LogP contribution in [0.15, 0.2) is 58.5 Å². The van der Waals surface area contributed by atoms with Gasteiger partial charge in [-0.2, -0.15) is 18.4 Å². The molecule has 0 fully saturated rings. The SMILES string of the molecule is CC/C(=N/NS(=O)(=O)c1ccc(Cl)cc1)c1ccc(Cl)cc1. The van der Waals surface area contributed by atoms with Crippen molar-refractivity contribution in [3.63, 3.8) is 0 Å². The number of benzene rings is 2. The summed E-state index contributed by atoms with van der Waals surface area (Å²) in [4.78, 5) is 2.35. The zero-order chi connectivity index (χ0) is 16.2. The molecule has 0 aliphatic heterocycles. The number of nitrogens with zero attached hydrogens (tertiary/aromatic N) is 1. The largest absolute Gasteiger partial charge is 0.276 e. The predicted molar refractivity (Wildman–Crippen MR) is 90.1 cm³/mol. The Morgan fingerprint density at radius 1 is 1.00 bits per heavy atom. The molecule has 1 N–H and O–H groups in total. The van der Waals surface area contributed by atoms with Gasteiger partial charge in [-0.25, -0.2) is 0 Å². The molecule has 0 aliphatic rings. The second-order valence-electron chi connectivity index (χ2n) is 4.47. The average Bonchev–Trinajstić information content (AvgIpc) is 2.50. The highest BCUT2D eigenvalue weighted by Crippen LogP contribution is 2.15. The Morgan fingerprint density at radius 2 is 1.50 bits per heavy atom. The van der Waals surface area contributed by atoms with Gasteiger partial charge in [0.2, 0.25) is 0 Å². The van der Waals surface area contributed by atoms with Gasteiger partial charge in [0.15, 0.2) is 0 Å². The number of rotatable bonds is 5. The normalized spacial score (nSPS) is 12.2. The summed E-state index contributed by atoms with van der Waals surface area (Å²) in [7, 11) is -3.72. The van der Waals surface area contributed by atoms with Gasteiger partial charge in [-0.05, 0) is 48.4 Å². The van der Waals surface area contributed by atoms with Crippen molar-refractivity contribution in [3.05, 3.63) is 64.1 Å². The van der Waals surface area contributed by atoms with Crippen LogP contribution in [0.1, 0.15) is 18.9 Å². The minimum Gasteiger partial charge on any atom is -0.200 e. The summed E-state index contributed by atoms with van der Waals surface area (Å²) in [5.41, 5.74) is 1.43. The third kappa shape index (κ3) is 4.22. The van der Waals surface area contributed by atoms with Crippen LogP contribution in [-0.4, -0.2) is 14.1 Å². The fraction of sp³-hybridized carbons (Fsp3) is 0.133. The number of nitrogens with one attached hydrogen (secondary N) is 1. The molecular weight excluding hydrogens is 343 g/mol. The topological polar surface area (TPSA) is 58.5 Å². The van der Waals surface area contributed by atoms with Gasteiger partial charge in [0, 0.05) is 10.0 Å². The lowest BCUT2D eigenvalue weighted by Crippen LogP contribution is -2.20. The van der Waals surface area contributed by atoms with Gasteiger partial charge in [0.1, 0.15) is 0 Å². The maximum absolute atomic E-state index is 12.2. The third-order valence-electron chi connectivity index (χ3n) is 2.94. The van der Waals surface area contributed by atoms with Crippen LogP contribution in [0.5, 0.6) is 0 Å². The molecule has 0 unspecified atom stereocenters. The molecule has 0 saturated heterocycles.